The zero-order chi connectivity index (χ0) is 23.1. The second-order valence-electron chi connectivity index (χ2n) is 10.5. The second-order valence-corrected chi connectivity index (χ2v) is 10.5. The molecular formula is C29H38N4. The van der Waals surface area contributed by atoms with Crippen LogP contribution < -0.4 is 5.32 Å². The fraction of sp³-hybridized carbons (Fsp3) is 0.517. The molecule has 3 aliphatic rings. The Kier molecular flexibility index (Phi) is 6.00. The molecule has 1 aromatic carbocycles. The number of hydrogen-bond donors (Lipinski definition) is 1. The van der Waals surface area contributed by atoms with Gasteiger partial charge in [0, 0.05) is 36.3 Å². The van der Waals surface area contributed by atoms with Crippen LogP contribution in [0.25, 0.3) is 5.57 Å². The first kappa shape index (κ1) is 22.5. The summed E-state index contributed by atoms with van der Waals surface area (Å²) in [6.45, 7) is 12.1. The van der Waals surface area contributed by atoms with Crippen LogP contribution in [-0.4, -0.2) is 33.6 Å². The van der Waals surface area contributed by atoms with E-state index in [9.17, 15) is 0 Å². The molecule has 1 aromatic heterocycles. The molecule has 174 valence electrons. The van der Waals surface area contributed by atoms with E-state index in [-0.39, 0.29) is 5.54 Å². The van der Waals surface area contributed by atoms with Gasteiger partial charge < -0.3 is 5.32 Å². The minimum Gasteiger partial charge on any atom is -0.300 e. The van der Waals surface area contributed by atoms with Crippen LogP contribution in [0.1, 0.15) is 74.5 Å². The van der Waals surface area contributed by atoms with Gasteiger partial charge in [0.05, 0.1) is 11.4 Å². The standard InChI is InChI=1S/C29H38N4/c1-5-7-25-27(24(6-2)31-19-32-25)23-12-13-28(4)26(16-23)29(14-15-29)18-33(28)20-30-17-22-10-8-21(3)9-11-22/h8-12,16,19,30H,5-7,13-15,17-18,20H2,1-4H3. The van der Waals surface area contributed by atoms with Crippen molar-refractivity contribution in [1.82, 2.24) is 20.2 Å². The van der Waals surface area contributed by atoms with Crippen molar-refractivity contribution < 1.29 is 0 Å². The molecule has 2 aliphatic carbocycles. The van der Waals surface area contributed by atoms with Crippen molar-refractivity contribution in [2.75, 3.05) is 13.2 Å². The average molecular weight is 443 g/mol. The van der Waals surface area contributed by atoms with E-state index >= 15 is 0 Å². The lowest BCUT2D eigenvalue weighted by Crippen LogP contribution is -2.46. The van der Waals surface area contributed by atoms with Gasteiger partial charge in [-0.3, -0.25) is 4.90 Å². The number of rotatable bonds is 8. The quantitative estimate of drug-likeness (QED) is 0.576. The van der Waals surface area contributed by atoms with Crippen molar-refractivity contribution in [3.8, 4) is 0 Å². The van der Waals surface area contributed by atoms with E-state index in [0.29, 0.717) is 5.41 Å². The summed E-state index contributed by atoms with van der Waals surface area (Å²) in [7, 11) is 0. The molecule has 1 N–H and O–H groups in total. The minimum absolute atomic E-state index is 0.104. The van der Waals surface area contributed by atoms with E-state index in [1.165, 1.54) is 53.0 Å². The van der Waals surface area contributed by atoms with E-state index in [2.05, 4.69) is 79.3 Å². The van der Waals surface area contributed by atoms with Crippen LogP contribution in [-0.2, 0) is 19.4 Å². The number of aromatic nitrogens is 2. The molecule has 2 heterocycles. The van der Waals surface area contributed by atoms with Crippen LogP contribution in [0.15, 0.2) is 48.3 Å². The molecule has 0 bridgehead atoms. The predicted octanol–water partition coefficient (Wildman–Crippen LogP) is 5.62. The Morgan fingerprint density at radius 1 is 1.06 bits per heavy atom. The number of nitrogens with zero attached hydrogens (tertiary/aromatic N) is 3. The van der Waals surface area contributed by atoms with Crippen molar-refractivity contribution in [1.29, 1.82) is 0 Å². The third-order valence-electron chi connectivity index (χ3n) is 8.08. The van der Waals surface area contributed by atoms with Gasteiger partial charge in [-0.1, -0.05) is 62.2 Å². The van der Waals surface area contributed by atoms with Crippen molar-refractivity contribution in [2.45, 2.75) is 78.3 Å². The highest BCUT2D eigenvalue weighted by molar-refractivity contribution is 5.80. The maximum Gasteiger partial charge on any atom is 0.115 e. The van der Waals surface area contributed by atoms with Gasteiger partial charge in [-0.05, 0) is 62.7 Å². The largest absolute Gasteiger partial charge is 0.300 e. The summed E-state index contributed by atoms with van der Waals surface area (Å²) in [4.78, 5) is 12.1. The normalized spacial score (nSPS) is 23.4. The van der Waals surface area contributed by atoms with Crippen LogP contribution in [0.4, 0.5) is 0 Å². The lowest BCUT2D eigenvalue weighted by molar-refractivity contribution is 0.162. The van der Waals surface area contributed by atoms with E-state index in [1.807, 2.05) is 0 Å². The summed E-state index contributed by atoms with van der Waals surface area (Å²) in [5.74, 6) is 0. The Morgan fingerprint density at radius 2 is 1.82 bits per heavy atom. The maximum atomic E-state index is 4.70. The van der Waals surface area contributed by atoms with Crippen LogP contribution in [0.2, 0.25) is 0 Å². The molecule has 1 saturated heterocycles. The lowest BCUT2D eigenvalue weighted by atomic mass is 9.76. The molecule has 2 aromatic rings. The Labute approximate surface area is 199 Å². The topological polar surface area (TPSA) is 41.1 Å². The number of hydrogen-bond acceptors (Lipinski definition) is 4. The van der Waals surface area contributed by atoms with E-state index in [4.69, 9.17) is 4.98 Å². The summed E-state index contributed by atoms with van der Waals surface area (Å²) in [5.41, 5.74) is 9.89. The summed E-state index contributed by atoms with van der Waals surface area (Å²) in [5, 5.41) is 3.73. The zero-order valence-corrected chi connectivity index (χ0v) is 20.7. The molecule has 33 heavy (non-hydrogen) atoms. The molecule has 1 saturated carbocycles. The van der Waals surface area contributed by atoms with Gasteiger partial charge in [0.15, 0.2) is 0 Å². The number of allylic oxidation sites excluding steroid dienone is 2. The third-order valence-corrected chi connectivity index (χ3v) is 8.08. The molecule has 0 radical (unpaired) electrons. The predicted molar refractivity (Wildman–Crippen MR) is 136 cm³/mol. The number of aryl methyl sites for hydroxylation is 3. The van der Waals surface area contributed by atoms with Crippen molar-refractivity contribution in [2.24, 2.45) is 5.41 Å². The molecule has 1 spiro atoms. The molecule has 1 unspecified atom stereocenters. The second kappa shape index (κ2) is 8.81. The number of nitrogens with one attached hydrogen (secondary N) is 1. The molecule has 4 nitrogen and oxygen atoms in total. The van der Waals surface area contributed by atoms with Crippen LogP contribution in [0, 0.1) is 12.3 Å². The van der Waals surface area contributed by atoms with E-state index < -0.39 is 0 Å². The molecular weight excluding hydrogens is 404 g/mol. The van der Waals surface area contributed by atoms with E-state index in [0.717, 1.165) is 38.9 Å². The first-order valence-corrected chi connectivity index (χ1v) is 12.8. The lowest BCUT2D eigenvalue weighted by Gasteiger charge is -2.38. The van der Waals surface area contributed by atoms with Gasteiger partial charge in [0.25, 0.3) is 0 Å². The average Bonchev–Trinajstić information content (AvgIpc) is 3.55. The van der Waals surface area contributed by atoms with Gasteiger partial charge in [-0.2, -0.15) is 0 Å². The Bertz CT molecular complexity index is 1080. The van der Waals surface area contributed by atoms with Gasteiger partial charge in [0.1, 0.15) is 6.33 Å². The fourth-order valence-electron chi connectivity index (χ4n) is 5.95. The van der Waals surface area contributed by atoms with Crippen LogP contribution in [0.3, 0.4) is 0 Å². The monoisotopic (exact) mass is 442 g/mol. The van der Waals surface area contributed by atoms with E-state index in [1.54, 1.807) is 11.9 Å². The molecule has 0 amide bonds. The first-order chi connectivity index (χ1) is 16.0. The first-order valence-electron chi connectivity index (χ1n) is 12.8. The van der Waals surface area contributed by atoms with Crippen molar-refractivity contribution in [3.63, 3.8) is 0 Å². The highest BCUT2D eigenvalue weighted by Crippen LogP contribution is 2.63. The SMILES string of the molecule is CCCc1ncnc(CC)c1C1=CCC2(C)C(=C1)C1(CC1)CN2CNCc1ccc(C)cc1. The van der Waals surface area contributed by atoms with Crippen LogP contribution in [0.5, 0.6) is 0 Å². The van der Waals surface area contributed by atoms with Gasteiger partial charge in [-0.15, -0.1) is 0 Å². The highest BCUT2D eigenvalue weighted by Gasteiger charge is 2.60. The number of fused-ring (bicyclic) bond motifs is 2. The zero-order valence-electron chi connectivity index (χ0n) is 20.7. The van der Waals surface area contributed by atoms with Gasteiger partial charge in [-0.25, -0.2) is 9.97 Å². The van der Waals surface area contributed by atoms with Gasteiger partial charge >= 0.3 is 0 Å². The summed E-state index contributed by atoms with van der Waals surface area (Å²) < 4.78 is 0. The molecule has 1 aliphatic heterocycles. The summed E-state index contributed by atoms with van der Waals surface area (Å²) in [6.07, 6.45) is 13.5. The Hall–Kier alpha value is -2.30. The molecule has 1 atom stereocenters. The Morgan fingerprint density at radius 3 is 2.52 bits per heavy atom. The maximum absolute atomic E-state index is 4.70. The molecule has 5 rings (SSSR count). The molecule has 4 heteroatoms. The third kappa shape index (κ3) is 4.08. The van der Waals surface area contributed by atoms with Crippen molar-refractivity contribution >= 4 is 5.57 Å². The van der Waals surface area contributed by atoms with Crippen molar-refractivity contribution in [3.05, 3.63) is 76.4 Å². The summed E-state index contributed by atoms with van der Waals surface area (Å²) in [6, 6.07) is 8.87. The fourth-order valence-corrected chi connectivity index (χ4v) is 5.95. The van der Waals surface area contributed by atoms with Crippen LogP contribution >= 0.6 is 0 Å². The number of benzene rings is 1. The summed E-state index contributed by atoms with van der Waals surface area (Å²) >= 11 is 0. The number of likely N-dealkylation sites (tertiary alicyclic amines) is 1. The van der Waals surface area contributed by atoms with Gasteiger partial charge in [0.2, 0.25) is 0 Å². The Balaban J connectivity index is 1.38. The smallest absolute Gasteiger partial charge is 0.115 e. The minimum atomic E-state index is 0.104. The molecule has 2 fully saturated rings. The highest BCUT2D eigenvalue weighted by atomic mass is 15.3.